The highest BCUT2D eigenvalue weighted by Crippen LogP contribution is 2.37. The number of aliphatic hydroxyl groups is 1. The van der Waals surface area contributed by atoms with Gasteiger partial charge in [-0.25, -0.2) is 4.39 Å². The van der Waals surface area contributed by atoms with Gasteiger partial charge >= 0.3 is 0 Å². The van der Waals surface area contributed by atoms with Crippen molar-refractivity contribution in [2.75, 3.05) is 13.2 Å². The second-order valence-corrected chi connectivity index (χ2v) is 14.5. The Balaban J connectivity index is 1.43. The summed E-state index contributed by atoms with van der Waals surface area (Å²) >= 11 is 0. The minimum atomic E-state index is -2.62. The van der Waals surface area contributed by atoms with Gasteiger partial charge in [0.25, 0.3) is 8.32 Å². The number of ether oxygens (including phenoxy) is 2. The van der Waals surface area contributed by atoms with Crippen molar-refractivity contribution in [2.45, 2.75) is 57.0 Å². The molecule has 0 unspecified atom stereocenters. The summed E-state index contributed by atoms with van der Waals surface area (Å²) in [4.78, 5) is 0. The Kier molecular flexibility index (Phi) is 8.07. The van der Waals surface area contributed by atoms with Gasteiger partial charge in [0.2, 0.25) is 0 Å². The van der Waals surface area contributed by atoms with E-state index in [0.717, 1.165) is 0 Å². The summed E-state index contributed by atoms with van der Waals surface area (Å²) in [6.07, 6.45) is 0.00609. The molecule has 0 spiro atoms. The lowest BCUT2D eigenvalue weighted by atomic mass is 10.1. The van der Waals surface area contributed by atoms with Crippen molar-refractivity contribution in [3.63, 3.8) is 0 Å². The van der Waals surface area contributed by atoms with Crippen LogP contribution in [0.15, 0.2) is 84.9 Å². The van der Waals surface area contributed by atoms with Gasteiger partial charge in [-0.05, 0) is 46.1 Å². The highest BCUT2D eigenvalue weighted by molar-refractivity contribution is 6.99. The average molecular weight is 495 g/mol. The first-order chi connectivity index (χ1) is 16.8. The molecule has 6 heteroatoms. The van der Waals surface area contributed by atoms with E-state index >= 15 is 0 Å². The summed E-state index contributed by atoms with van der Waals surface area (Å²) in [6.45, 7) is 7.56. The van der Waals surface area contributed by atoms with Gasteiger partial charge < -0.3 is 19.0 Å². The molecule has 0 radical (unpaired) electrons. The van der Waals surface area contributed by atoms with Crippen molar-refractivity contribution in [1.29, 1.82) is 0 Å². The SMILES string of the molecule is CC(C)(C)[Si](OCC[C@@H]1O[C@H](COc2ccc(F)cc2)C[C@@H]1O)(c1ccccc1)c1ccccc1. The minimum Gasteiger partial charge on any atom is -0.491 e. The molecule has 1 fully saturated rings. The lowest BCUT2D eigenvalue weighted by molar-refractivity contribution is -0.0155. The van der Waals surface area contributed by atoms with E-state index in [1.807, 2.05) is 12.1 Å². The molecule has 1 aliphatic rings. The van der Waals surface area contributed by atoms with E-state index in [9.17, 15) is 9.50 Å². The first-order valence-corrected chi connectivity index (χ1v) is 14.2. The predicted molar refractivity (Wildman–Crippen MR) is 139 cm³/mol. The van der Waals surface area contributed by atoms with Crippen LogP contribution < -0.4 is 15.1 Å². The molecule has 4 nitrogen and oxygen atoms in total. The summed E-state index contributed by atoms with van der Waals surface area (Å²) in [5.41, 5.74) is 0. The molecular formula is C29H35FO4Si. The van der Waals surface area contributed by atoms with Gasteiger partial charge in [0.15, 0.2) is 0 Å². The highest BCUT2D eigenvalue weighted by Gasteiger charge is 2.50. The molecule has 186 valence electrons. The highest BCUT2D eigenvalue weighted by atomic mass is 28.4. The number of hydrogen-bond acceptors (Lipinski definition) is 4. The summed E-state index contributed by atoms with van der Waals surface area (Å²) in [7, 11) is -2.62. The van der Waals surface area contributed by atoms with Crippen LogP contribution >= 0.6 is 0 Å². The van der Waals surface area contributed by atoms with Crippen molar-refractivity contribution in [3.8, 4) is 5.75 Å². The van der Waals surface area contributed by atoms with E-state index in [2.05, 4.69) is 69.3 Å². The van der Waals surface area contributed by atoms with Crippen molar-refractivity contribution < 1.29 is 23.4 Å². The zero-order valence-corrected chi connectivity index (χ0v) is 21.7. The first-order valence-electron chi connectivity index (χ1n) is 12.3. The van der Waals surface area contributed by atoms with E-state index in [1.165, 1.54) is 22.5 Å². The fourth-order valence-electron chi connectivity index (χ4n) is 4.99. The Morgan fingerprint density at radius 3 is 2.03 bits per heavy atom. The zero-order chi connectivity index (χ0) is 24.9. The van der Waals surface area contributed by atoms with Gasteiger partial charge in [-0.3, -0.25) is 0 Å². The minimum absolute atomic E-state index is 0.101. The van der Waals surface area contributed by atoms with Crippen LogP contribution in [-0.4, -0.2) is 44.9 Å². The molecule has 1 heterocycles. The standard InChI is InChI=1S/C29H35FO4Si/c1-29(2,3)35(25-10-6-4-7-11-25,26-12-8-5-9-13-26)33-19-18-28-27(31)20-24(34-28)21-32-23-16-14-22(30)15-17-23/h4-17,24,27-28,31H,18-21H2,1-3H3/t24-,27-,28-/m0/s1. The number of aliphatic hydroxyl groups excluding tert-OH is 1. The molecule has 0 aromatic heterocycles. The van der Waals surface area contributed by atoms with Crippen LogP contribution in [0.4, 0.5) is 4.39 Å². The van der Waals surface area contributed by atoms with Crippen molar-refractivity contribution in [2.24, 2.45) is 0 Å². The monoisotopic (exact) mass is 494 g/mol. The van der Waals surface area contributed by atoms with Gasteiger partial charge in [0, 0.05) is 13.0 Å². The number of benzene rings is 3. The Labute approximate surface area is 208 Å². The maximum absolute atomic E-state index is 13.1. The van der Waals surface area contributed by atoms with Crippen LogP contribution in [0, 0.1) is 5.82 Å². The predicted octanol–water partition coefficient (Wildman–Crippen LogP) is 4.69. The summed E-state index contributed by atoms with van der Waals surface area (Å²) < 4.78 is 31.9. The van der Waals surface area contributed by atoms with E-state index in [4.69, 9.17) is 13.9 Å². The Morgan fingerprint density at radius 2 is 1.49 bits per heavy atom. The van der Waals surface area contributed by atoms with Crippen LogP contribution in [0.3, 0.4) is 0 Å². The molecule has 0 bridgehead atoms. The summed E-state index contributed by atoms with van der Waals surface area (Å²) in [5, 5.41) is 13.0. The second kappa shape index (κ2) is 11.0. The number of rotatable bonds is 9. The van der Waals surface area contributed by atoms with Gasteiger partial charge in [-0.2, -0.15) is 0 Å². The number of hydrogen-bond donors (Lipinski definition) is 1. The Morgan fingerprint density at radius 1 is 0.914 bits per heavy atom. The number of halogens is 1. The van der Waals surface area contributed by atoms with Crippen molar-refractivity contribution >= 4 is 18.7 Å². The fourth-order valence-corrected chi connectivity index (χ4v) is 9.57. The lowest BCUT2D eigenvalue weighted by Gasteiger charge is -2.43. The van der Waals surface area contributed by atoms with Gasteiger partial charge in [-0.15, -0.1) is 0 Å². The lowest BCUT2D eigenvalue weighted by Crippen LogP contribution is -2.66. The molecular weight excluding hydrogens is 459 g/mol. The van der Waals surface area contributed by atoms with Crippen LogP contribution in [0.1, 0.15) is 33.6 Å². The molecule has 1 N–H and O–H groups in total. The first kappa shape index (κ1) is 25.6. The zero-order valence-electron chi connectivity index (χ0n) is 20.7. The topological polar surface area (TPSA) is 47.9 Å². The molecule has 3 atom stereocenters. The van der Waals surface area contributed by atoms with E-state index in [1.54, 1.807) is 12.1 Å². The smallest absolute Gasteiger partial charge is 0.261 e. The third-order valence-corrected chi connectivity index (χ3v) is 11.7. The second-order valence-electron chi connectivity index (χ2n) is 10.2. The molecule has 3 aromatic carbocycles. The average Bonchev–Trinajstić information content (AvgIpc) is 3.21. The Bertz CT molecular complexity index is 1010. The third kappa shape index (κ3) is 5.84. The van der Waals surface area contributed by atoms with Crippen LogP contribution in [0.2, 0.25) is 5.04 Å². The molecule has 0 aliphatic carbocycles. The van der Waals surface area contributed by atoms with Gasteiger partial charge in [0.05, 0.1) is 18.3 Å². The Hall–Kier alpha value is -2.51. The van der Waals surface area contributed by atoms with Crippen LogP contribution in [-0.2, 0) is 9.16 Å². The van der Waals surface area contributed by atoms with Crippen LogP contribution in [0.5, 0.6) is 5.75 Å². The summed E-state index contributed by atoms with van der Waals surface area (Å²) in [6, 6.07) is 27.0. The quantitative estimate of drug-likeness (QED) is 0.439. The normalized spacial score (nSPS) is 20.7. The van der Waals surface area contributed by atoms with E-state index in [0.29, 0.717) is 31.8 Å². The maximum Gasteiger partial charge on any atom is 0.261 e. The molecule has 3 aromatic rings. The van der Waals surface area contributed by atoms with Gasteiger partial charge in [-0.1, -0.05) is 81.4 Å². The third-order valence-electron chi connectivity index (χ3n) is 6.69. The molecule has 4 rings (SSSR count). The van der Waals surface area contributed by atoms with Crippen molar-refractivity contribution in [1.82, 2.24) is 0 Å². The molecule has 35 heavy (non-hydrogen) atoms. The van der Waals surface area contributed by atoms with E-state index in [-0.39, 0.29) is 23.1 Å². The maximum atomic E-state index is 13.1. The summed E-state index contributed by atoms with van der Waals surface area (Å²) in [5.74, 6) is 0.286. The van der Waals surface area contributed by atoms with Crippen LogP contribution in [0.25, 0.3) is 0 Å². The largest absolute Gasteiger partial charge is 0.491 e. The van der Waals surface area contributed by atoms with E-state index < -0.39 is 14.4 Å². The molecule has 0 amide bonds. The fraction of sp³-hybridized carbons (Fsp3) is 0.379. The molecule has 0 saturated carbocycles. The molecule has 1 saturated heterocycles. The van der Waals surface area contributed by atoms with Crippen molar-refractivity contribution in [3.05, 3.63) is 90.7 Å². The molecule has 1 aliphatic heterocycles. The van der Waals surface area contributed by atoms with Gasteiger partial charge in [0.1, 0.15) is 18.2 Å².